The smallest absolute Gasteiger partial charge is 0.338 e. The maximum Gasteiger partial charge on any atom is 0.338 e. The predicted molar refractivity (Wildman–Crippen MR) is 53.4 cm³/mol. The summed E-state index contributed by atoms with van der Waals surface area (Å²) in [5, 5.41) is 10.4. The van der Waals surface area contributed by atoms with Crippen LogP contribution in [0.5, 0.6) is 0 Å². The van der Waals surface area contributed by atoms with E-state index >= 15 is 0 Å². The van der Waals surface area contributed by atoms with Gasteiger partial charge in [0.2, 0.25) is 5.82 Å². The summed E-state index contributed by atoms with van der Waals surface area (Å²) < 4.78 is 17.8. The van der Waals surface area contributed by atoms with E-state index in [1.165, 1.54) is 0 Å². The Balaban J connectivity index is 3.19. The van der Waals surface area contributed by atoms with Gasteiger partial charge in [0, 0.05) is 0 Å². The highest BCUT2D eigenvalue weighted by Gasteiger charge is 2.22. The number of benzene rings is 1. The molecule has 0 aliphatic carbocycles. The van der Waals surface area contributed by atoms with E-state index in [1.54, 1.807) is 6.92 Å². The number of hydrogen-bond donors (Lipinski definition) is 1. The Hall–Kier alpha value is -2.18. The van der Waals surface area contributed by atoms with Crippen LogP contribution in [0.4, 0.5) is 15.8 Å². The zero-order valence-corrected chi connectivity index (χ0v) is 8.40. The van der Waals surface area contributed by atoms with Gasteiger partial charge in [-0.2, -0.15) is 4.39 Å². The third-order valence-corrected chi connectivity index (χ3v) is 1.79. The molecule has 0 spiro atoms. The Morgan fingerprint density at radius 2 is 2.25 bits per heavy atom. The summed E-state index contributed by atoms with van der Waals surface area (Å²) in [6.07, 6.45) is 0. The van der Waals surface area contributed by atoms with Crippen LogP contribution in [-0.2, 0) is 4.74 Å². The number of nitrogen functional groups attached to an aromatic ring is 1. The number of nitrogens with zero attached hydrogens (tertiary/aromatic N) is 1. The topological polar surface area (TPSA) is 95.5 Å². The highest BCUT2D eigenvalue weighted by atomic mass is 19.1. The third kappa shape index (κ3) is 2.25. The molecule has 0 unspecified atom stereocenters. The Bertz CT molecular complexity index is 424. The van der Waals surface area contributed by atoms with Crippen molar-refractivity contribution < 1.29 is 18.8 Å². The Kier molecular flexibility index (Phi) is 3.39. The summed E-state index contributed by atoms with van der Waals surface area (Å²) >= 11 is 0. The van der Waals surface area contributed by atoms with Gasteiger partial charge < -0.3 is 10.5 Å². The van der Waals surface area contributed by atoms with Crippen LogP contribution in [0.2, 0.25) is 0 Å². The molecule has 0 aliphatic rings. The average molecular weight is 228 g/mol. The van der Waals surface area contributed by atoms with E-state index in [2.05, 4.69) is 4.74 Å². The maximum absolute atomic E-state index is 13.2. The summed E-state index contributed by atoms with van der Waals surface area (Å²) in [7, 11) is 0. The number of rotatable bonds is 3. The van der Waals surface area contributed by atoms with Crippen molar-refractivity contribution in [2.75, 3.05) is 12.3 Å². The molecule has 6 nitrogen and oxygen atoms in total. The summed E-state index contributed by atoms with van der Waals surface area (Å²) in [5.41, 5.74) is 3.87. The molecular weight excluding hydrogens is 219 g/mol. The summed E-state index contributed by atoms with van der Waals surface area (Å²) in [5.74, 6) is -1.93. The Morgan fingerprint density at radius 3 is 2.69 bits per heavy atom. The molecule has 7 heteroatoms. The fourth-order valence-electron chi connectivity index (χ4n) is 1.15. The SMILES string of the molecule is CCOC(=O)c1cc(N)c([N+](=O)[O-])c(F)c1. The largest absolute Gasteiger partial charge is 0.462 e. The van der Waals surface area contributed by atoms with Crippen molar-refractivity contribution in [1.29, 1.82) is 0 Å². The molecular formula is C9H9FN2O4. The van der Waals surface area contributed by atoms with Crippen LogP contribution < -0.4 is 5.73 Å². The molecule has 0 bridgehead atoms. The van der Waals surface area contributed by atoms with Crippen LogP contribution >= 0.6 is 0 Å². The molecule has 1 rings (SSSR count). The molecule has 1 aromatic carbocycles. The number of nitro groups is 1. The van der Waals surface area contributed by atoms with Crippen LogP contribution in [0.15, 0.2) is 12.1 Å². The second-order valence-corrected chi connectivity index (χ2v) is 2.87. The highest BCUT2D eigenvalue weighted by molar-refractivity contribution is 5.91. The Morgan fingerprint density at radius 1 is 1.62 bits per heavy atom. The zero-order chi connectivity index (χ0) is 12.3. The molecule has 0 aliphatic heterocycles. The van der Waals surface area contributed by atoms with E-state index in [9.17, 15) is 19.3 Å². The second kappa shape index (κ2) is 4.56. The number of nitrogens with two attached hydrogens (primary N) is 1. The molecule has 0 radical (unpaired) electrons. The number of ether oxygens (including phenoxy) is 1. The number of esters is 1. The number of carbonyl (C=O) groups is 1. The average Bonchev–Trinajstić information content (AvgIpc) is 2.16. The predicted octanol–water partition coefficient (Wildman–Crippen LogP) is 1.49. The van der Waals surface area contributed by atoms with Gasteiger partial charge in [0.25, 0.3) is 0 Å². The molecule has 0 atom stereocenters. The number of nitro benzene ring substituents is 1. The van der Waals surface area contributed by atoms with Crippen molar-refractivity contribution in [2.45, 2.75) is 6.92 Å². The van der Waals surface area contributed by atoms with Crippen LogP contribution in [-0.4, -0.2) is 17.5 Å². The summed E-state index contributed by atoms with van der Waals surface area (Å²) in [6.45, 7) is 1.71. The van der Waals surface area contributed by atoms with E-state index in [4.69, 9.17) is 5.73 Å². The normalized spacial score (nSPS) is 9.88. The molecule has 0 heterocycles. The highest BCUT2D eigenvalue weighted by Crippen LogP contribution is 2.26. The lowest BCUT2D eigenvalue weighted by molar-refractivity contribution is -0.386. The number of halogens is 1. The first-order chi connectivity index (χ1) is 7.47. The molecule has 0 saturated heterocycles. The maximum atomic E-state index is 13.2. The fourth-order valence-corrected chi connectivity index (χ4v) is 1.15. The van der Waals surface area contributed by atoms with Crippen LogP contribution in [0.25, 0.3) is 0 Å². The first-order valence-electron chi connectivity index (χ1n) is 4.38. The molecule has 16 heavy (non-hydrogen) atoms. The standard InChI is InChI=1S/C9H9FN2O4/c1-2-16-9(13)5-3-6(10)8(12(14)15)7(11)4-5/h3-4H,2,11H2,1H3. The van der Waals surface area contributed by atoms with E-state index in [0.29, 0.717) is 0 Å². The third-order valence-electron chi connectivity index (χ3n) is 1.79. The van der Waals surface area contributed by atoms with Crippen LogP contribution in [0.1, 0.15) is 17.3 Å². The minimum Gasteiger partial charge on any atom is -0.462 e. The van der Waals surface area contributed by atoms with E-state index < -0.39 is 28.1 Å². The molecule has 1 aromatic rings. The minimum atomic E-state index is -1.16. The van der Waals surface area contributed by atoms with Gasteiger partial charge in [-0.25, -0.2) is 4.79 Å². The quantitative estimate of drug-likeness (QED) is 0.366. The monoisotopic (exact) mass is 228 g/mol. The van der Waals surface area contributed by atoms with Crippen molar-refractivity contribution in [3.63, 3.8) is 0 Å². The molecule has 86 valence electrons. The summed E-state index contributed by atoms with van der Waals surface area (Å²) in [6, 6.07) is 1.74. The van der Waals surface area contributed by atoms with Crippen molar-refractivity contribution in [3.05, 3.63) is 33.6 Å². The van der Waals surface area contributed by atoms with Gasteiger partial charge in [-0.1, -0.05) is 0 Å². The summed E-state index contributed by atoms with van der Waals surface area (Å²) in [4.78, 5) is 20.7. The molecule has 0 aromatic heterocycles. The van der Waals surface area contributed by atoms with Crippen molar-refractivity contribution >= 4 is 17.3 Å². The van der Waals surface area contributed by atoms with E-state index in [-0.39, 0.29) is 12.2 Å². The Labute approximate surface area is 90.0 Å². The van der Waals surface area contributed by atoms with Gasteiger partial charge in [0.05, 0.1) is 17.1 Å². The lowest BCUT2D eigenvalue weighted by Crippen LogP contribution is -2.08. The molecule has 0 fully saturated rings. The number of carbonyl (C=O) groups excluding carboxylic acids is 1. The van der Waals surface area contributed by atoms with Crippen molar-refractivity contribution in [3.8, 4) is 0 Å². The fraction of sp³-hybridized carbons (Fsp3) is 0.222. The van der Waals surface area contributed by atoms with Gasteiger partial charge in [-0.15, -0.1) is 0 Å². The lowest BCUT2D eigenvalue weighted by Gasteiger charge is -2.04. The van der Waals surface area contributed by atoms with Crippen molar-refractivity contribution in [2.24, 2.45) is 0 Å². The van der Waals surface area contributed by atoms with E-state index in [1.807, 2.05) is 0 Å². The van der Waals surface area contributed by atoms with Gasteiger partial charge in [0.15, 0.2) is 0 Å². The van der Waals surface area contributed by atoms with Crippen LogP contribution in [0, 0.1) is 15.9 Å². The van der Waals surface area contributed by atoms with Gasteiger partial charge in [-0.05, 0) is 19.1 Å². The van der Waals surface area contributed by atoms with Gasteiger partial charge >= 0.3 is 11.7 Å². The number of hydrogen-bond acceptors (Lipinski definition) is 5. The molecule has 0 saturated carbocycles. The van der Waals surface area contributed by atoms with Gasteiger partial charge in [-0.3, -0.25) is 10.1 Å². The molecule has 2 N–H and O–H groups in total. The first-order valence-corrected chi connectivity index (χ1v) is 4.38. The molecule has 0 amide bonds. The minimum absolute atomic E-state index is 0.122. The number of anilines is 1. The first kappa shape index (κ1) is 11.9. The van der Waals surface area contributed by atoms with Gasteiger partial charge in [0.1, 0.15) is 5.69 Å². The zero-order valence-electron chi connectivity index (χ0n) is 8.40. The lowest BCUT2D eigenvalue weighted by atomic mass is 10.1. The van der Waals surface area contributed by atoms with E-state index in [0.717, 1.165) is 12.1 Å². The van der Waals surface area contributed by atoms with Crippen molar-refractivity contribution in [1.82, 2.24) is 0 Å². The second-order valence-electron chi connectivity index (χ2n) is 2.87. The van der Waals surface area contributed by atoms with Crippen LogP contribution in [0.3, 0.4) is 0 Å².